The molecule has 1 heterocycles. The highest BCUT2D eigenvalue weighted by molar-refractivity contribution is 6.08. The highest BCUT2D eigenvalue weighted by atomic mass is 16.5. The molecule has 192 valence electrons. The summed E-state index contributed by atoms with van der Waals surface area (Å²) in [4.78, 5) is 50.8. The number of hydrogen-bond acceptors (Lipinski definition) is 7. The molecule has 0 aromatic heterocycles. The van der Waals surface area contributed by atoms with Crippen molar-refractivity contribution in [1.29, 1.82) is 0 Å². The summed E-state index contributed by atoms with van der Waals surface area (Å²) in [6.45, 7) is 2.43. The van der Waals surface area contributed by atoms with Crippen LogP contribution in [0.25, 0.3) is 0 Å². The molecule has 36 heavy (non-hydrogen) atoms. The lowest BCUT2D eigenvalue weighted by atomic mass is 9.93. The van der Waals surface area contributed by atoms with Gasteiger partial charge in [0.1, 0.15) is 23.6 Å². The second-order valence-corrected chi connectivity index (χ2v) is 8.32. The van der Waals surface area contributed by atoms with Gasteiger partial charge in [-0.15, -0.1) is 0 Å². The molecule has 2 aromatic carbocycles. The van der Waals surface area contributed by atoms with Crippen molar-refractivity contribution in [3.63, 3.8) is 0 Å². The average Bonchev–Trinajstić information content (AvgIpc) is 3.15. The molecule has 0 unspecified atom stereocenters. The summed E-state index contributed by atoms with van der Waals surface area (Å²) in [5.74, 6) is -0.542. The minimum absolute atomic E-state index is 0.403. The summed E-state index contributed by atoms with van der Waals surface area (Å²) < 4.78 is 15.5. The number of hydrogen-bond donors (Lipinski definition) is 2. The monoisotopic (exact) mass is 497 g/mol. The van der Waals surface area contributed by atoms with Gasteiger partial charge in [-0.1, -0.05) is 38.1 Å². The Morgan fingerprint density at radius 2 is 1.42 bits per heavy atom. The molecule has 0 aliphatic carbocycles. The highest BCUT2D eigenvalue weighted by Gasteiger charge is 2.49. The van der Waals surface area contributed by atoms with Crippen LogP contribution in [-0.4, -0.2) is 61.6 Å². The minimum atomic E-state index is -1.02. The summed E-state index contributed by atoms with van der Waals surface area (Å²) in [7, 11) is 3.13. The number of carbonyl (C=O) groups is 4. The van der Waals surface area contributed by atoms with E-state index in [1.807, 2.05) is 24.3 Å². The van der Waals surface area contributed by atoms with Gasteiger partial charge in [-0.25, -0.2) is 4.79 Å². The van der Waals surface area contributed by atoms with E-state index in [-0.39, 0.29) is 0 Å². The molecule has 10 heteroatoms. The van der Waals surface area contributed by atoms with Crippen LogP contribution in [0.2, 0.25) is 0 Å². The van der Waals surface area contributed by atoms with Crippen molar-refractivity contribution < 1.29 is 33.4 Å². The number of urea groups is 1. The van der Waals surface area contributed by atoms with Crippen LogP contribution >= 0.6 is 0 Å². The molecule has 1 fully saturated rings. The molecule has 0 spiro atoms. The summed E-state index contributed by atoms with van der Waals surface area (Å²) in [6, 6.07) is 13.2. The maximum Gasteiger partial charge on any atom is 0.326 e. The second-order valence-electron chi connectivity index (χ2n) is 8.32. The smallest absolute Gasteiger partial charge is 0.326 e. The van der Waals surface area contributed by atoms with Gasteiger partial charge in [-0.2, -0.15) is 0 Å². The number of nitrogens with zero attached hydrogens (tertiary/aromatic N) is 1. The van der Waals surface area contributed by atoms with Crippen molar-refractivity contribution in [2.24, 2.45) is 0 Å². The molecule has 1 saturated heterocycles. The van der Waals surface area contributed by atoms with Crippen LogP contribution in [0.4, 0.5) is 4.79 Å². The van der Waals surface area contributed by atoms with Crippen LogP contribution in [0.5, 0.6) is 11.5 Å². The molecule has 3 rings (SSSR count). The molecule has 0 bridgehead atoms. The molecule has 2 N–H and O–H groups in total. The Bertz CT molecular complexity index is 1050. The number of amides is 4. The molecule has 4 amide bonds. The Morgan fingerprint density at radius 3 is 1.83 bits per heavy atom. The molecule has 0 radical (unpaired) electrons. The first kappa shape index (κ1) is 26.5. The fourth-order valence-electron chi connectivity index (χ4n) is 4.02. The van der Waals surface area contributed by atoms with Crippen molar-refractivity contribution in [3.05, 3.63) is 59.7 Å². The number of benzene rings is 2. The number of ether oxygens (including phenoxy) is 3. The van der Waals surface area contributed by atoms with Crippen molar-refractivity contribution >= 4 is 23.8 Å². The number of esters is 1. The van der Waals surface area contributed by atoms with Gasteiger partial charge in [0.25, 0.3) is 11.8 Å². The molecule has 1 aliphatic rings. The van der Waals surface area contributed by atoms with Crippen LogP contribution in [-0.2, 0) is 19.1 Å². The maximum atomic E-state index is 12.7. The number of carbonyl (C=O) groups excluding carboxylic acids is 4. The van der Waals surface area contributed by atoms with Crippen molar-refractivity contribution in [2.45, 2.75) is 38.3 Å². The van der Waals surface area contributed by atoms with Crippen molar-refractivity contribution in [3.8, 4) is 11.5 Å². The molecule has 0 atom stereocenters. The third-order valence-electron chi connectivity index (χ3n) is 6.31. The number of rotatable bonds is 11. The number of nitrogens with one attached hydrogen (secondary N) is 2. The van der Waals surface area contributed by atoms with E-state index in [1.54, 1.807) is 52.3 Å². The SMILES string of the molecule is CCC1(CC)NC(=O)N(CC(=O)OCC(=O)NC(c2ccc(OC)cc2)c2ccc(OC)cc2)C1=O. The first-order valence-electron chi connectivity index (χ1n) is 11.6. The molecule has 1 aliphatic heterocycles. The van der Waals surface area contributed by atoms with Gasteiger partial charge < -0.3 is 24.8 Å². The second kappa shape index (κ2) is 11.6. The van der Waals surface area contributed by atoms with Crippen LogP contribution in [0, 0.1) is 0 Å². The zero-order chi connectivity index (χ0) is 26.3. The van der Waals surface area contributed by atoms with E-state index < -0.39 is 48.5 Å². The van der Waals surface area contributed by atoms with Crippen molar-refractivity contribution in [2.75, 3.05) is 27.4 Å². The Hall–Kier alpha value is -4.08. The zero-order valence-corrected chi connectivity index (χ0v) is 20.8. The van der Waals surface area contributed by atoms with Crippen LogP contribution in [0.1, 0.15) is 43.9 Å². The third-order valence-corrected chi connectivity index (χ3v) is 6.31. The van der Waals surface area contributed by atoms with E-state index in [9.17, 15) is 19.2 Å². The predicted octanol–water partition coefficient (Wildman–Crippen LogP) is 2.56. The Labute approximate surface area is 209 Å². The van der Waals surface area contributed by atoms with Gasteiger partial charge in [0.15, 0.2) is 6.61 Å². The third kappa shape index (κ3) is 5.76. The lowest BCUT2D eigenvalue weighted by Gasteiger charge is -2.23. The Kier molecular flexibility index (Phi) is 8.52. The molecular weight excluding hydrogens is 466 g/mol. The number of imide groups is 1. The van der Waals surface area contributed by atoms with Gasteiger partial charge in [-0.3, -0.25) is 19.3 Å². The van der Waals surface area contributed by atoms with Gasteiger partial charge in [-0.05, 0) is 48.2 Å². The van der Waals surface area contributed by atoms with Gasteiger partial charge in [0, 0.05) is 0 Å². The van der Waals surface area contributed by atoms with E-state index >= 15 is 0 Å². The molecule has 10 nitrogen and oxygen atoms in total. The van der Waals surface area contributed by atoms with E-state index in [2.05, 4.69) is 10.6 Å². The highest BCUT2D eigenvalue weighted by Crippen LogP contribution is 2.26. The largest absolute Gasteiger partial charge is 0.497 e. The van der Waals surface area contributed by atoms with E-state index in [1.165, 1.54) is 0 Å². The summed E-state index contributed by atoms with van der Waals surface area (Å²) >= 11 is 0. The molecular formula is C26H31N3O7. The quantitative estimate of drug-likeness (QED) is 0.361. The van der Waals surface area contributed by atoms with E-state index in [4.69, 9.17) is 14.2 Å². The molecule has 2 aromatic rings. The topological polar surface area (TPSA) is 123 Å². The van der Waals surface area contributed by atoms with Crippen molar-refractivity contribution in [1.82, 2.24) is 15.5 Å². The van der Waals surface area contributed by atoms with Crippen LogP contribution in [0.3, 0.4) is 0 Å². The lowest BCUT2D eigenvalue weighted by molar-refractivity contribution is -0.151. The van der Waals surface area contributed by atoms with E-state index in [0.717, 1.165) is 16.0 Å². The van der Waals surface area contributed by atoms with E-state index in [0.29, 0.717) is 24.3 Å². The Balaban J connectivity index is 1.65. The van der Waals surface area contributed by atoms with Gasteiger partial charge in [0.2, 0.25) is 0 Å². The first-order valence-corrected chi connectivity index (χ1v) is 11.6. The predicted molar refractivity (Wildman–Crippen MR) is 130 cm³/mol. The van der Waals surface area contributed by atoms with Gasteiger partial charge >= 0.3 is 12.0 Å². The maximum absolute atomic E-state index is 12.7. The fourth-order valence-corrected chi connectivity index (χ4v) is 4.02. The first-order chi connectivity index (χ1) is 17.3. The summed E-state index contributed by atoms with van der Waals surface area (Å²) in [5.41, 5.74) is 0.560. The summed E-state index contributed by atoms with van der Waals surface area (Å²) in [5, 5.41) is 5.51. The fraction of sp³-hybridized carbons (Fsp3) is 0.385. The number of methoxy groups -OCH3 is 2. The Morgan fingerprint density at radius 1 is 0.917 bits per heavy atom. The van der Waals surface area contributed by atoms with Crippen LogP contribution < -0.4 is 20.1 Å². The minimum Gasteiger partial charge on any atom is -0.497 e. The van der Waals surface area contributed by atoms with Crippen LogP contribution in [0.15, 0.2) is 48.5 Å². The normalized spacial score (nSPS) is 14.4. The zero-order valence-electron chi connectivity index (χ0n) is 20.8. The summed E-state index contributed by atoms with van der Waals surface area (Å²) in [6.07, 6.45) is 0.806. The molecule has 0 saturated carbocycles. The average molecular weight is 498 g/mol. The lowest BCUT2D eigenvalue weighted by Crippen LogP contribution is -2.46. The standard InChI is InChI=1S/C26H31N3O7/c1-5-26(6-2)24(32)29(25(33)28-26)15-22(31)36-16-21(30)27-23(17-7-11-19(34-3)12-8-17)18-9-13-20(35-4)14-10-18/h7-14,23H,5-6,15-16H2,1-4H3,(H,27,30)(H,28,33). The van der Waals surface area contributed by atoms with Gasteiger partial charge in [0.05, 0.1) is 20.3 Å².